The summed E-state index contributed by atoms with van der Waals surface area (Å²) in [6, 6.07) is 4.31. The van der Waals surface area contributed by atoms with Crippen LogP contribution in [-0.2, 0) is 4.74 Å². The minimum atomic E-state index is -0.334. The number of aliphatic hydroxyl groups is 1. The van der Waals surface area contributed by atoms with Crippen molar-refractivity contribution in [2.45, 2.75) is 25.5 Å². The summed E-state index contributed by atoms with van der Waals surface area (Å²) in [6.07, 6.45) is 0.553. The minimum absolute atomic E-state index is 0.0651. The molecule has 1 aromatic heterocycles. The lowest BCUT2D eigenvalue weighted by atomic mass is 10.1. The minimum Gasteiger partial charge on any atom is -0.394 e. The molecule has 118 valence electrons. The van der Waals surface area contributed by atoms with Gasteiger partial charge in [-0.15, -0.1) is 0 Å². The molecule has 2 heterocycles. The smallest absolute Gasteiger partial charge is 0.270 e. The van der Waals surface area contributed by atoms with E-state index in [2.05, 4.69) is 4.98 Å². The molecule has 3 rings (SSSR count). The van der Waals surface area contributed by atoms with E-state index in [9.17, 15) is 14.3 Å². The fraction of sp³-hybridized carbons (Fsp3) is 0.438. The molecule has 1 aliphatic heterocycles. The number of aromatic amines is 1. The number of hydrogen-bond donors (Lipinski definition) is 2. The quantitative estimate of drug-likeness (QED) is 0.909. The molecular formula is C16H19FN2O3. The Labute approximate surface area is 127 Å². The normalized spacial score (nSPS) is 21.7. The summed E-state index contributed by atoms with van der Waals surface area (Å²) in [4.78, 5) is 17.3. The van der Waals surface area contributed by atoms with Gasteiger partial charge in [-0.05, 0) is 37.1 Å². The van der Waals surface area contributed by atoms with Gasteiger partial charge in [0.2, 0.25) is 0 Å². The first-order valence-electron chi connectivity index (χ1n) is 7.27. The number of nitrogens with zero attached hydrogens (tertiary/aromatic N) is 1. The lowest BCUT2D eigenvalue weighted by molar-refractivity contribution is 0.0643. The maximum absolute atomic E-state index is 13.5. The highest BCUT2D eigenvalue weighted by Gasteiger charge is 2.35. The summed E-state index contributed by atoms with van der Waals surface area (Å²) in [5.41, 5.74) is 1.78. The molecule has 2 aromatic rings. The van der Waals surface area contributed by atoms with Crippen molar-refractivity contribution >= 4 is 16.8 Å². The number of aliphatic hydroxyl groups excluding tert-OH is 1. The standard InChI is InChI=1S/C16H19FN2O3/c1-9-3-10(17)4-14-13(9)6-15(18-14)16(21)19-7-12(22-2)5-11(19)8-20/h3-4,6,11-12,18,20H,5,7-8H2,1-2H3/t11-,12+/m0/s1. The molecule has 6 heteroatoms. The van der Waals surface area contributed by atoms with Crippen molar-refractivity contribution < 1.29 is 19.0 Å². The molecule has 0 radical (unpaired) electrons. The number of aromatic nitrogens is 1. The molecule has 1 amide bonds. The lowest BCUT2D eigenvalue weighted by Gasteiger charge is -2.21. The number of methoxy groups -OCH3 is 1. The third-order valence-electron chi connectivity index (χ3n) is 4.32. The first kappa shape index (κ1) is 15.0. The van der Waals surface area contributed by atoms with Crippen molar-refractivity contribution in [3.8, 4) is 0 Å². The molecule has 1 aliphatic rings. The lowest BCUT2D eigenvalue weighted by Crippen LogP contribution is -2.38. The average Bonchev–Trinajstić information content (AvgIpc) is 3.09. The number of H-pyrrole nitrogens is 1. The van der Waals surface area contributed by atoms with Crippen LogP contribution >= 0.6 is 0 Å². The van der Waals surface area contributed by atoms with Gasteiger partial charge < -0.3 is 19.7 Å². The Morgan fingerprint density at radius 1 is 1.50 bits per heavy atom. The summed E-state index contributed by atoms with van der Waals surface area (Å²) < 4.78 is 18.7. The Morgan fingerprint density at radius 2 is 2.27 bits per heavy atom. The highest BCUT2D eigenvalue weighted by molar-refractivity contribution is 5.99. The number of benzene rings is 1. The third-order valence-corrected chi connectivity index (χ3v) is 4.32. The molecule has 0 spiro atoms. The van der Waals surface area contributed by atoms with Gasteiger partial charge in [-0.1, -0.05) is 0 Å². The van der Waals surface area contributed by atoms with Gasteiger partial charge >= 0.3 is 0 Å². The maximum atomic E-state index is 13.5. The molecule has 2 N–H and O–H groups in total. The van der Waals surface area contributed by atoms with Crippen molar-refractivity contribution in [3.63, 3.8) is 0 Å². The average molecular weight is 306 g/mol. The van der Waals surface area contributed by atoms with Crippen molar-refractivity contribution in [2.75, 3.05) is 20.3 Å². The second-order valence-electron chi connectivity index (χ2n) is 5.75. The number of halogens is 1. The monoisotopic (exact) mass is 306 g/mol. The van der Waals surface area contributed by atoms with Gasteiger partial charge in [0, 0.05) is 24.6 Å². The van der Waals surface area contributed by atoms with E-state index in [-0.39, 0.29) is 30.5 Å². The summed E-state index contributed by atoms with van der Waals surface area (Å²) in [5.74, 6) is -0.533. The molecular weight excluding hydrogens is 287 g/mol. The maximum Gasteiger partial charge on any atom is 0.270 e. The van der Waals surface area contributed by atoms with E-state index in [0.29, 0.717) is 24.2 Å². The Balaban J connectivity index is 1.93. The number of carbonyl (C=O) groups excluding carboxylic acids is 1. The van der Waals surface area contributed by atoms with E-state index in [1.807, 2.05) is 0 Å². The number of fused-ring (bicyclic) bond motifs is 1. The zero-order valence-corrected chi connectivity index (χ0v) is 12.6. The first-order valence-corrected chi connectivity index (χ1v) is 7.27. The molecule has 2 atom stereocenters. The van der Waals surface area contributed by atoms with Crippen molar-refractivity contribution in [3.05, 3.63) is 35.3 Å². The molecule has 0 saturated carbocycles. The van der Waals surface area contributed by atoms with Crippen molar-refractivity contribution in [2.24, 2.45) is 0 Å². The third kappa shape index (κ3) is 2.48. The van der Waals surface area contributed by atoms with E-state index in [4.69, 9.17) is 4.74 Å². The first-order chi connectivity index (χ1) is 10.5. The fourth-order valence-electron chi connectivity index (χ4n) is 3.11. The van der Waals surface area contributed by atoms with Crippen LogP contribution in [0.25, 0.3) is 10.9 Å². The predicted octanol–water partition coefficient (Wildman–Crippen LogP) is 1.84. The molecule has 0 aliphatic carbocycles. The largest absolute Gasteiger partial charge is 0.394 e. The molecule has 1 fully saturated rings. The number of carbonyl (C=O) groups is 1. The van der Waals surface area contributed by atoms with Crippen LogP contribution in [0.4, 0.5) is 4.39 Å². The SMILES string of the molecule is CO[C@@H]1C[C@@H](CO)N(C(=O)c2cc3c(C)cc(F)cc3[nH]2)C1. The number of hydrogen-bond acceptors (Lipinski definition) is 3. The number of ether oxygens (including phenoxy) is 1. The fourth-order valence-corrected chi connectivity index (χ4v) is 3.11. The highest BCUT2D eigenvalue weighted by Crippen LogP contribution is 2.25. The van der Waals surface area contributed by atoms with Crippen LogP contribution in [0.2, 0.25) is 0 Å². The zero-order valence-electron chi connectivity index (χ0n) is 12.6. The highest BCUT2D eigenvalue weighted by atomic mass is 19.1. The van der Waals surface area contributed by atoms with Gasteiger partial charge in [0.1, 0.15) is 11.5 Å². The Hall–Kier alpha value is -1.92. The van der Waals surface area contributed by atoms with Crippen LogP contribution < -0.4 is 0 Å². The molecule has 0 unspecified atom stereocenters. The van der Waals surface area contributed by atoms with Gasteiger partial charge in [0.15, 0.2) is 0 Å². The zero-order chi connectivity index (χ0) is 15.9. The number of likely N-dealkylation sites (tertiary alicyclic amines) is 1. The summed E-state index contributed by atoms with van der Waals surface area (Å²) in [6.45, 7) is 2.16. The second-order valence-corrected chi connectivity index (χ2v) is 5.75. The van der Waals surface area contributed by atoms with E-state index < -0.39 is 0 Å². The van der Waals surface area contributed by atoms with Gasteiger partial charge in [-0.25, -0.2) is 4.39 Å². The molecule has 22 heavy (non-hydrogen) atoms. The Morgan fingerprint density at radius 3 is 2.95 bits per heavy atom. The van der Waals surface area contributed by atoms with E-state index in [1.165, 1.54) is 12.1 Å². The summed E-state index contributed by atoms with van der Waals surface area (Å²) >= 11 is 0. The molecule has 1 aromatic carbocycles. The molecule has 1 saturated heterocycles. The van der Waals surface area contributed by atoms with Crippen molar-refractivity contribution in [1.82, 2.24) is 9.88 Å². The van der Waals surface area contributed by atoms with Gasteiger partial charge in [-0.2, -0.15) is 0 Å². The number of rotatable bonds is 3. The van der Waals surface area contributed by atoms with E-state index in [1.54, 1.807) is 25.0 Å². The number of amides is 1. The van der Waals surface area contributed by atoms with E-state index >= 15 is 0 Å². The van der Waals surface area contributed by atoms with Crippen LogP contribution in [-0.4, -0.2) is 53.3 Å². The van der Waals surface area contributed by atoms with Crippen LogP contribution in [0, 0.1) is 12.7 Å². The van der Waals surface area contributed by atoms with Gasteiger partial charge in [-0.3, -0.25) is 4.79 Å². The molecule has 5 nitrogen and oxygen atoms in total. The van der Waals surface area contributed by atoms with E-state index in [0.717, 1.165) is 10.9 Å². The van der Waals surface area contributed by atoms with Gasteiger partial charge in [0.05, 0.1) is 18.8 Å². The second kappa shape index (κ2) is 5.70. The number of nitrogens with one attached hydrogen (secondary N) is 1. The topological polar surface area (TPSA) is 65.6 Å². The van der Waals surface area contributed by atoms with Crippen LogP contribution in [0.1, 0.15) is 22.5 Å². The van der Waals surface area contributed by atoms with Crippen molar-refractivity contribution in [1.29, 1.82) is 0 Å². The van der Waals surface area contributed by atoms with Gasteiger partial charge in [0.25, 0.3) is 5.91 Å². The molecule has 0 bridgehead atoms. The Kier molecular flexibility index (Phi) is 3.88. The summed E-state index contributed by atoms with van der Waals surface area (Å²) in [5, 5.41) is 10.3. The van der Waals surface area contributed by atoms with Crippen LogP contribution in [0.5, 0.6) is 0 Å². The predicted molar refractivity (Wildman–Crippen MR) is 80.3 cm³/mol. The van der Waals surface area contributed by atoms with Crippen LogP contribution in [0.3, 0.4) is 0 Å². The number of aryl methyl sites for hydroxylation is 1. The Bertz CT molecular complexity index is 713. The van der Waals surface area contributed by atoms with Crippen LogP contribution in [0.15, 0.2) is 18.2 Å². The summed E-state index contributed by atoms with van der Waals surface area (Å²) in [7, 11) is 1.60.